The van der Waals surface area contributed by atoms with E-state index in [4.69, 9.17) is 21.1 Å². The Balaban J connectivity index is 1.67. The second-order valence-corrected chi connectivity index (χ2v) is 7.56. The topological polar surface area (TPSA) is 80.2 Å². The molecule has 0 saturated heterocycles. The summed E-state index contributed by atoms with van der Waals surface area (Å²) in [4.78, 5) is 23.4. The number of para-hydroxylation sites is 2. The van der Waals surface area contributed by atoms with E-state index in [2.05, 4.69) is 10.4 Å². The van der Waals surface area contributed by atoms with Crippen molar-refractivity contribution in [3.63, 3.8) is 0 Å². The molecular weight excluding hydrogens is 414 g/mol. The van der Waals surface area contributed by atoms with Crippen LogP contribution in [0.15, 0.2) is 53.6 Å². The van der Waals surface area contributed by atoms with Gasteiger partial charge < -0.3 is 14.8 Å². The van der Waals surface area contributed by atoms with E-state index in [9.17, 15) is 9.59 Å². The maximum Gasteiger partial charge on any atom is 0.241 e. The second-order valence-electron chi connectivity index (χ2n) is 6.09. The normalized spacial score (nSPS) is 15.6. The lowest BCUT2D eigenvalue weighted by Gasteiger charge is -2.21. The van der Waals surface area contributed by atoms with Gasteiger partial charge in [0.25, 0.3) is 0 Å². The van der Waals surface area contributed by atoms with Gasteiger partial charge in [-0.25, -0.2) is 5.01 Å². The molecule has 1 aliphatic heterocycles. The molecule has 1 heterocycles. The van der Waals surface area contributed by atoms with Crippen LogP contribution >= 0.6 is 23.4 Å². The van der Waals surface area contributed by atoms with E-state index >= 15 is 0 Å². The molecule has 2 aromatic carbocycles. The zero-order valence-corrected chi connectivity index (χ0v) is 17.5. The Bertz CT molecular complexity index is 937. The van der Waals surface area contributed by atoms with E-state index in [1.165, 1.54) is 30.6 Å². The Kier molecular flexibility index (Phi) is 7.00. The lowest BCUT2D eigenvalue weighted by molar-refractivity contribution is -0.129. The fraction of sp³-hybridized carbons (Fsp3) is 0.250. The standard InChI is InChI=1S/C20H20ClN3O4S/c1-13(25)22-20-23-24(14(2)26)19(29-20)15-7-3-5-9-17(15)27-11-12-28-18-10-6-4-8-16(18)21/h3-10,19H,11-12H2,1-2H3,(H,22,23,25). The third-order valence-electron chi connectivity index (χ3n) is 3.87. The molecule has 0 aliphatic carbocycles. The lowest BCUT2D eigenvalue weighted by atomic mass is 10.2. The molecule has 1 unspecified atom stereocenters. The summed E-state index contributed by atoms with van der Waals surface area (Å²) in [7, 11) is 0. The quantitative estimate of drug-likeness (QED) is 0.701. The molecule has 0 saturated carbocycles. The molecule has 1 N–H and O–H groups in total. The summed E-state index contributed by atoms with van der Waals surface area (Å²) in [6, 6.07) is 14.6. The molecule has 0 radical (unpaired) electrons. The first-order valence-corrected chi connectivity index (χ1v) is 10.1. The van der Waals surface area contributed by atoms with Gasteiger partial charge in [0, 0.05) is 19.4 Å². The number of amidine groups is 1. The summed E-state index contributed by atoms with van der Waals surface area (Å²) >= 11 is 7.35. The second kappa shape index (κ2) is 9.67. The highest BCUT2D eigenvalue weighted by molar-refractivity contribution is 8.14. The van der Waals surface area contributed by atoms with Crippen molar-refractivity contribution in [2.24, 2.45) is 5.10 Å². The van der Waals surface area contributed by atoms with Gasteiger partial charge in [0.2, 0.25) is 11.8 Å². The van der Waals surface area contributed by atoms with E-state index in [0.29, 0.717) is 34.9 Å². The molecule has 1 atom stereocenters. The third kappa shape index (κ3) is 5.42. The Morgan fingerprint density at radius 1 is 1.07 bits per heavy atom. The number of nitrogens with one attached hydrogen (secondary N) is 1. The molecule has 2 aromatic rings. The van der Waals surface area contributed by atoms with Crippen LogP contribution < -0.4 is 14.8 Å². The lowest BCUT2D eigenvalue weighted by Crippen LogP contribution is -2.25. The van der Waals surface area contributed by atoms with Crippen LogP contribution in [-0.2, 0) is 9.59 Å². The number of carbonyl (C=O) groups is 2. The third-order valence-corrected chi connectivity index (χ3v) is 5.27. The SMILES string of the molecule is CC(=O)NC1=NN(C(C)=O)C(c2ccccc2OCCOc2ccccc2Cl)S1. The molecule has 29 heavy (non-hydrogen) atoms. The van der Waals surface area contributed by atoms with Gasteiger partial charge in [0.05, 0.1) is 5.02 Å². The molecule has 3 rings (SSSR count). The van der Waals surface area contributed by atoms with Crippen molar-refractivity contribution in [2.45, 2.75) is 19.2 Å². The molecular formula is C20H20ClN3O4S. The molecule has 0 aromatic heterocycles. The van der Waals surface area contributed by atoms with Gasteiger partial charge in [-0.05, 0) is 18.2 Å². The van der Waals surface area contributed by atoms with Crippen LogP contribution in [0.3, 0.4) is 0 Å². The van der Waals surface area contributed by atoms with Crippen LogP contribution in [-0.4, -0.2) is 35.2 Å². The minimum atomic E-state index is -0.435. The Morgan fingerprint density at radius 2 is 1.69 bits per heavy atom. The zero-order chi connectivity index (χ0) is 20.8. The van der Waals surface area contributed by atoms with Gasteiger partial charge in [0.1, 0.15) is 30.1 Å². The van der Waals surface area contributed by atoms with Crippen LogP contribution in [0.25, 0.3) is 0 Å². The van der Waals surface area contributed by atoms with Crippen molar-refractivity contribution >= 4 is 40.3 Å². The van der Waals surface area contributed by atoms with Crippen LogP contribution in [0.1, 0.15) is 24.8 Å². The number of hydrogen-bond donors (Lipinski definition) is 1. The van der Waals surface area contributed by atoms with Crippen molar-refractivity contribution in [1.29, 1.82) is 0 Å². The van der Waals surface area contributed by atoms with E-state index in [-0.39, 0.29) is 11.8 Å². The van der Waals surface area contributed by atoms with Gasteiger partial charge >= 0.3 is 0 Å². The number of nitrogens with zero attached hydrogens (tertiary/aromatic N) is 2. The average Bonchev–Trinajstić information content (AvgIpc) is 3.10. The van der Waals surface area contributed by atoms with E-state index in [1.54, 1.807) is 12.1 Å². The summed E-state index contributed by atoms with van der Waals surface area (Å²) in [6.45, 7) is 3.41. The highest BCUT2D eigenvalue weighted by Gasteiger charge is 2.34. The van der Waals surface area contributed by atoms with Crippen molar-refractivity contribution in [3.8, 4) is 11.5 Å². The largest absolute Gasteiger partial charge is 0.490 e. The summed E-state index contributed by atoms with van der Waals surface area (Å²) in [6.07, 6.45) is 0. The minimum absolute atomic E-state index is 0.236. The van der Waals surface area contributed by atoms with Crippen molar-refractivity contribution in [1.82, 2.24) is 10.3 Å². The monoisotopic (exact) mass is 433 g/mol. The molecule has 152 valence electrons. The van der Waals surface area contributed by atoms with Crippen LogP contribution in [0, 0.1) is 0 Å². The number of hydrogen-bond acceptors (Lipinski definition) is 6. The van der Waals surface area contributed by atoms with Crippen molar-refractivity contribution in [3.05, 3.63) is 59.1 Å². The molecule has 1 aliphatic rings. The molecule has 0 spiro atoms. The molecule has 0 bridgehead atoms. The van der Waals surface area contributed by atoms with Gasteiger partial charge in [0.15, 0.2) is 5.17 Å². The van der Waals surface area contributed by atoms with E-state index in [1.807, 2.05) is 36.4 Å². The van der Waals surface area contributed by atoms with Crippen LogP contribution in [0.2, 0.25) is 5.02 Å². The maximum atomic E-state index is 12.0. The Hall–Kier alpha value is -2.71. The van der Waals surface area contributed by atoms with Gasteiger partial charge in [-0.2, -0.15) is 0 Å². The highest BCUT2D eigenvalue weighted by atomic mass is 35.5. The van der Waals surface area contributed by atoms with Gasteiger partial charge in [-0.1, -0.05) is 53.7 Å². The Labute approximate surface area is 178 Å². The van der Waals surface area contributed by atoms with Crippen molar-refractivity contribution < 1.29 is 19.1 Å². The van der Waals surface area contributed by atoms with Gasteiger partial charge in [-0.15, -0.1) is 5.10 Å². The fourth-order valence-corrected chi connectivity index (χ4v) is 4.00. The summed E-state index contributed by atoms with van der Waals surface area (Å²) in [5.41, 5.74) is 0.773. The maximum absolute atomic E-state index is 12.0. The van der Waals surface area contributed by atoms with Crippen LogP contribution in [0.5, 0.6) is 11.5 Å². The first-order valence-electron chi connectivity index (χ1n) is 8.87. The average molecular weight is 434 g/mol. The summed E-state index contributed by atoms with van der Waals surface area (Å²) in [5, 5.41) is 8.64. The summed E-state index contributed by atoms with van der Waals surface area (Å²) in [5.74, 6) is 0.716. The number of halogens is 1. The molecule has 0 fully saturated rings. The molecule has 9 heteroatoms. The number of carbonyl (C=O) groups excluding carboxylic acids is 2. The smallest absolute Gasteiger partial charge is 0.241 e. The molecule has 2 amide bonds. The number of thioether (sulfide) groups is 1. The first kappa shape index (κ1) is 21.0. The van der Waals surface area contributed by atoms with Crippen molar-refractivity contribution in [2.75, 3.05) is 13.2 Å². The fourth-order valence-electron chi connectivity index (χ4n) is 2.65. The Morgan fingerprint density at radius 3 is 2.34 bits per heavy atom. The van der Waals surface area contributed by atoms with E-state index in [0.717, 1.165) is 5.56 Å². The first-order chi connectivity index (χ1) is 14.0. The highest BCUT2D eigenvalue weighted by Crippen LogP contribution is 2.42. The number of benzene rings is 2. The number of hydrazone groups is 1. The van der Waals surface area contributed by atoms with Gasteiger partial charge in [-0.3, -0.25) is 9.59 Å². The van der Waals surface area contributed by atoms with E-state index < -0.39 is 5.37 Å². The summed E-state index contributed by atoms with van der Waals surface area (Å²) < 4.78 is 11.5. The zero-order valence-electron chi connectivity index (χ0n) is 15.9. The number of ether oxygens (including phenoxy) is 2. The minimum Gasteiger partial charge on any atom is -0.490 e. The predicted octanol–water partition coefficient (Wildman–Crippen LogP) is 3.80. The predicted molar refractivity (Wildman–Crippen MR) is 113 cm³/mol. The molecule has 7 nitrogen and oxygen atoms in total. The number of rotatable bonds is 6. The number of amides is 2. The van der Waals surface area contributed by atoms with Crippen LogP contribution in [0.4, 0.5) is 0 Å².